The van der Waals surface area contributed by atoms with Crippen molar-refractivity contribution >= 4 is 0 Å². The molecule has 2 heterocycles. The Morgan fingerprint density at radius 2 is 1.08 bits per heavy atom. The van der Waals surface area contributed by atoms with Gasteiger partial charge < -0.3 is 19.3 Å². The smallest absolute Gasteiger partial charge is 0.175 e. The number of fused-ring (bicyclic) bond motifs is 7. The molecule has 13 atom stereocenters. The van der Waals surface area contributed by atoms with E-state index in [1.807, 2.05) is 0 Å². The van der Waals surface area contributed by atoms with Crippen LogP contribution < -0.4 is 0 Å². The minimum absolute atomic E-state index is 0.00442. The van der Waals surface area contributed by atoms with Crippen LogP contribution in [0.3, 0.4) is 0 Å². The van der Waals surface area contributed by atoms with Crippen LogP contribution >= 0.6 is 0 Å². The molecule has 0 bridgehead atoms. The van der Waals surface area contributed by atoms with Crippen LogP contribution in [-0.4, -0.2) is 42.4 Å². The van der Waals surface area contributed by atoms with Gasteiger partial charge in [0.25, 0.3) is 0 Å². The fourth-order valence-corrected chi connectivity index (χ4v) is 19.6. The summed E-state index contributed by atoms with van der Waals surface area (Å²) >= 11 is 0. The summed E-state index contributed by atoms with van der Waals surface area (Å²) in [5.41, 5.74) is 6.22. The van der Waals surface area contributed by atoms with E-state index >= 15 is 0 Å². The van der Waals surface area contributed by atoms with Crippen LogP contribution in [0.4, 0.5) is 0 Å². The molecule has 0 aromatic heterocycles. The molecule has 4 nitrogen and oxygen atoms in total. The molecule has 0 radical (unpaired) electrons. The fourth-order valence-electron chi connectivity index (χ4n) is 19.6. The predicted octanol–water partition coefficient (Wildman–Crippen LogP) is 16.8. The topological polar surface area (TPSA) is 47.9 Å². The molecule has 2 aliphatic heterocycles. The molecular weight excluding hydrogens is 881 g/mol. The molecule has 0 unspecified atom stereocenters. The standard InChI is InChI=1S/C47H68O2.C21H24O2/c1-33(2)14-12-15-34(3)40-22-23-41-39-21-20-37-32-38(24-28-44(37,4)42(39)25-29-45(40,41)5)49-47-27-13-26-46(47,30-31-48-47)43(35-16-8-6-9-17-35)36-18-10-7-11-19-36;22-16-21-13-7-12-20(21,14-15-23-21)19(17-8-3-1-4-9-17)18-10-5-2-6-11-18/h6-11,16-19,33-34,37-43H,12-15,20-32H2,1-5H3;1-6,8-11,19,22H,7,12-16H2/t34-,37+,38+,39+,40-,41+,42+,44+,45-,46+,47-;20-,21+/m10/s1. The maximum atomic E-state index is 10.2. The zero-order valence-corrected chi connectivity index (χ0v) is 45.3. The predicted molar refractivity (Wildman–Crippen MR) is 294 cm³/mol. The van der Waals surface area contributed by atoms with Crippen LogP contribution in [0.15, 0.2) is 121 Å². The highest BCUT2D eigenvalue weighted by Gasteiger charge is 2.67. The first-order valence-corrected chi connectivity index (χ1v) is 29.8. The Kier molecular flexibility index (Phi) is 14.6. The molecule has 8 aliphatic rings. The van der Waals surface area contributed by atoms with Crippen LogP contribution in [0.5, 0.6) is 0 Å². The summed E-state index contributed by atoms with van der Waals surface area (Å²) in [5.74, 6) is 6.46. The third-order valence-corrected chi connectivity index (χ3v) is 22.9. The van der Waals surface area contributed by atoms with Gasteiger partial charge in [-0.2, -0.15) is 0 Å². The van der Waals surface area contributed by atoms with E-state index in [4.69, 9.17) is 14.2 Å². The molecule has 4 aromatic carbocycles. The van der Waals surface area contributed by atoms with Crippen molar-refractivity contribution in [1.82, 2.24) is 0 Å². The van der Waals surface area contributed by atoms with E-state index < -0.39 is 5.79 Å². The summed E-state index contributed by atoms with van der Waals surface area (Å²) in [6.07, 6.45) is 26.1. The van der Waals surface area contributed by atoms with E-state index in [0.717, 1.165) is 93.2 Å². The lowest BCUT2D eigenvalue weighted by molar-refractivity contribution is -0.284. The molecule has 8 fully saturated rings. The van der Waals surface area contributed by atoms with Crippen molar-refractivity contribution in [3.8, 4) is 0 Å². The molecule has 2 saturated heterocycles. The van der Waals surface area contributed by atoms with Crippen LogP contribution in [0.2, 0.25) is 0 Å². The van der Waals surface area contributed by atoms with E-state index in [2.05, 4.69) is 156 Å². The Labute approximate surface area is 436 Å². The zero-order chi connectivity index (χ0) is 49.6. The largest absolute Gasteiger partial charge is 0.393 e. The van der Waals surface area contributed by atoms with Crippen molar-refractivity contribution in [2.24, 2.45) is 63.1 Å². The highest BCUT2D eigenvalue weighted by Crippen LogP contribution is 2.70. The quantitative estimate of drug-likeness (QED) is 0.137. The third-order valence-electron chi connectivity index (χ3n) is 22.9. The molecular formula is C68H92O4. The van der Waals surface area contributed by atoms with Gasteiger partial charge in [0.2, 0.25) is 0 Å². The summed E-state index contributed by atoms with van der Waals surface area (Å²) in [5, 5.41) is 10.2. The number of aliphatic hydroxyl groups is 1. The molecule has 4 heteroatoms. The minimum atomic E-state index is -0.462. The maximum absolute atomic E-state index is 10.2. The maximum Gasteiger partial charge on any atom is 0.175 e. The van der Waals surface area contributed by atoms with Gasteiger partial charge in [0.05, 0.1) is 24.9 Å². The molecule has 6 aliphatic carbocycles. The van der Waals surface area contributed by atoms with E-state index in [0.29, 0.717) is 22.9 Å². The Balaban J connectivity index is 0.000000203. The van der Waals surface area contributed by atoms with Crippen LogP contribution in [0.1, 0.15) is 197 Å². The molecule has 6 saturated carbocycles. The lowest BCUT2D eigenvalue weighted by atomic mass is 9.44. The second-order valence-corrected chi connectivity index (χ2v) is 26.3. The van der Waals surface area contributed by atoms with Crippen molar-refractivity contribution in [2.75, 3.05) is 19.8 Å². The third kappa shape index (κ3) is 8.63. The second kappa shape index (κ2) is 20.7. The first-order chi connectivity index (χ1) is 35.0. The lowest BCUT2D eigenvalue weighted by Gasteiger charge is -2.61. The SMILES string of the molecule is CC(C)CCC[C@@H](C)[C@H]1CC[C@H]2[C@@H]3CC[C@H]4C[C@@H](O[C@]56CCC[C@@]5(C(c5ccccc5)c5ccccc5)CCO6)CC[C@]4(C)[C@H]3CC[C@]12C.OC[C@]12CCC[C@@]1(C(c1ccccc1)c1ccccc1)CCO2. The molecule has 0 spiro atoms. The van der Waals surface area contributed by atoms with Gasteiger partial charge in [-0.15, -0.1) is 0 Å². The molecule has 0 amide bonds. The van der Waals surface area contributed by atoms with Crippen LogP contribution in [-0.2, 0) is 14.2 Å². The summed E-state index contributed by atoms with van der Waals surface area (Å²) in [6.45, 7) is 14.6. The highest BCUT2D eigenvalue weighted by atomic mass is 16.7. The number of benzene rings is 4. The Hall–Kier alpha value is -3.28. The normalized spacial score (nSPS) is 38.2. The lowest BCUT2D eigenvalue weighted by Crippen LogP contribution is -2.55. The van der Waals surface area contributed by atoms with Crippen molar-refractivity contribution < 1.29 is 19.3 Å². The van der Waals surface area contributed by atoms with Crippen molar-refractivity contribution in [1.29, 1.82) is 0 Å². The monoisotopic (exact) mass is 973 g/mol. The van der Waals surface area contributed by atoms with Gasteiger partial charge in [0, 0.05) is 35.7 Å². The molecule has 12 rings (SSSR count). The van der Waals surface area contributed by atoms with Gasteiger partial charge in [-0.1, -0.05) is 175 Å². The minimum Gasteiger partial charge on any atom is -0.393 e. The van der Waals surface area contributed by atoms with Gasteiger partial charge >= 0.3 is 0 Å². The summed E-state index contributed by atoms with van der Waals surface area (Å²) < 4.78 is 20.7. The van der Waals surface area contributed by atoms with Gasteiger partial charge in [0.15, 0.2) is 5.79 Å². The number of ether oxygens (including phenoxy) is 3. The Morgan fingerprint density at radius 1 is 0.542 bits per heavy atom. The highest BCUT2D eigenvalue weighted by molar-refractivity contribution is 5.40. The average molecular weight is 973 g/mol. The first-order valence-electron chi connectivity index (χ1n) is 29.8. The number of rotatable bonds is 14. The fraction of sp³-hybridized carbons (Fsp3) is 0.647. The van der Waals surface area contributed by atoms with Gasteiger partial charge in [-0.3, -0.25) is 0 Å². The molecule has 72 heavy (non-hydrogen) atoms. The second-order valence-electron chi connectivity index (χ2n) is 26.3. The number of hydrogen-bond acceptors (Lipinski definition) is 4. The summed E-state index contributed by atoms with van der Waals surface area (Å²) in [7, 11) is 0. The molecule has 1 N–H and O–H groups in total. The zero-order valence-electron chi connectivity index (χ0n) is 45.3. The Morgan fingerprint density at radius 3 is 1.69 bits per heavy atom. The van der Waals surface area contributed by atoms with Crippen molar-refractivity contribution in [3.05, 3.63) is 144 Å². The van der Waals surface area contributed by atoms with E-state index in [1.54, 1.807) is 0 Å². The number of hydrogen-bond donors (Lipinski definition) is 1. The first kappa shape index (κ1) is 50.9. The average Bonchev–Trinajstić information content (AvgIpc) is 4.20. The van der Waals surface area contributed by atoms with Crippen LogP contribution in [0.25, 0.3) is 0 Å². The molecule has 388 valence electrons. The van der Waals surface area contributed by atoms with Gasteiger partial charge in [-0.05, 0) is 177 Å². The van der Waals surface area contributed by atoms with E-state index in [-0.39, 0.29) is 29.0 Å². The van der Waals surface area contributed by atoms with Gasteiger partial charge in [0.1, 0.15) is 0 Å². The van der Waals surface area contributed by atoms with Crippen molar-refractivity contribution in [3.63, 3.8) is 0 Å². The number of aliphatic hydroxyl groups excluding tert-OH is 1. The van der Waals surface area contributed by atoms with Crippen molar-refractivity contribution in [2.45, 2.75) is 192 Å². The van der Waals surface area contributed by atoms with E-state index in [1.165, 1.54) is 112 Å². The van der Waals surface area contributed by atoms with Gasteiger partial charge in [-0.25, -0.2) is 0 Å². The van der Waals surface area contributed by atoms with Crippen LogP contribution in [0, 0.1) is 63.1 Å². The Bertz CT molecular complexity index is 2260. The molecule has 4 aromatic rings. The summed E-state index contributed by atoms with van der Waals surface area (Å²) in [4.78, 5) is 0. The van der Waals surface area contributed by atoms with E-state index in [9.17, 15) is 5.11 Å². The summed E-state index contributed by atoms with van der Waals surface area (Å²) in [6, 6.07) is 44.2.